The summed E-state index contributed by atoms with van der Waals surface area (Å²) in [5.74, 6) is 0. The second-order valence-electron chi connectivity index (χ2n) is 3.30. The third-order valence-corrected chi connectivity index (χ3v) is 2.56. The molecule has 2 unspecified atom stereocenters. The molecule has 1 rings (SSSR count). The highest BCUT2D eigenvalue weighted by Crippen LogP contribution is 2.36. The monoisotopic (exact) mass is 261 g/mol. The molecule has 9 nitrogen and oxygen atoms in total. The Labute approximate surface area is 91.6 Å². The maximum atomic E-state index is 10.8. The lowest BCUT2D eigenvalue weighted by atomic mass is 10.00. The smallest absolute Gasteiger partial charge is 0.387 e. The molecule has 0 radical (unpaired) electrons. The van der Waals surface area contributed by atoms with Crippen LogP contribution in [0.5, 0.6) is 0 Å². The molecule has 6 atom stereocenters. The fourth-order valence-electron chi connectivity index (χ4n) is 1.24. The van der Waals surface area contributed by atoms with Crippen molar-refractivity contribution in [2.75, 3.05) is 6.61 Å². The predicted molar refractivity (Wildman–Crippen MR) is 46.9 cm³/mol. The van der Waals surface area contributed by atoms with E-state index in [1.807, 2.05) is 0 Å². The van der Waals surface area contributed by atoms with Crippen LogP contribution in [0.25, 0.3) is 0 Å². The highest BCUT2D eigenvalue weighted by atomic mass is 31.2. The first-order valence-electron chi connectivity index (χ1n) is 4.69. The summed E-state index contributed by atoms with van der Waals surface area (Å²) in [6, 6.07) is 0. The average Bonchev–Trinajstić information content (AvgIpc) is 2.29. The van der Waals surface area contributed by atoms with Gasteiger partial charge in [-0.1, -0.05) is 0 Å². The summed E-state index contributed by atoms with van der Waals surface area (Å²) in [7, 11) is -4.57. The molecule has 1 aliphatic rings. The summed E-state index contributed by atoms with van der Waals surface area (Å²) in [6.45, 7) is -0.714. The van der Waals surface area contributed by atoms with Gasteiger partial charge >= 0.3 is 7.82 Å². The molecule has 0 bridgehead atoms. The number of ether oxygens (including phenoxy) is 1. The molecule has 0 aliphatic carbocycles. The topological polar surface area (TPSA) is 157 Å². The van der Waals surface area contributed by atoms with Crippen LogP contribution in [0.2, 0.25) is 0 Å². The number of phosphoric acid groups is 1. The Morgan fingerprint density at radius 2 is 1.88 bits per heavy atom. The SMILES string of the molecule is [2H]OP(=O)(O)OC[C@H]1OC(O)[C@H](O)[C@@H](O)[C@@H]1O. The van der Waals surface area contributed by atoms with Crippen molar-refractivity contribution >= 4 is 7.82 Å². The molecule has 0 spiro atoms. The fourth-order valence-corrected chi connectivity index (χ4v) is 1.57. The van der Waals surface area contributed by atoms with Crippen LogP contribution < -0.4 is 0 Å². The van der Waals surface area contributed by atoms with Gasteiger partial charge in [0.05, 0.1) is 6.61 Å². The first kappa shape index (κ1) is 12.4. The maximum absolute atomic E-state index is 10.8. The van der Waals surface area contributed by atoms with Crippen molar-refractivity contribution < 1.29 is 44.0 Å². The Morgan fingerprint density at radius 3 is 2.44 bits per heavy atom. The molecule has 6 N–H and O–H groups in total. The Bertz CT molecular complexity index is 301. The highest BCUT2D eigenvalue weighted by molar-refractivity contribution is 7.46. The van der Waals surface area contributed by atoms with E-state index in [0.717, 1.165) is 0 Å². The van der Waals surface area contributed by atoms with E-state index in [1.54, 1.807) is 0 Å². The minimum Gasteiger partial charge on any atom is -0.387 e. The Hall–Kier alpha value is -0.0900. The molecule has 0 aromatic heterocycles. The van der Waals surface area contributed by atoms with Crippen molar-refractivity contribution in [2.45, 2.75) is 30.7 Å². The molecule has 0 aromatic rings. The number of rotatable bonds is 4. The zero-order valence-corrected chi connectivity index (χ0v) is 8.80. The summed E-state index contributed by atoms with van der Waals surface area (Å²) in [5, 5.41) is 36.9. The van der Waals surface area contributed by atoms with Crippen LogP contribution in [-0.4, -0.2) is 69.0 Å². The summed E-state index contributed by atoms with van der Waals surface area (Å²) in [4.78, 5) is 12.1. The Kier molecular flexibility index (Phi) is 3.90. The third kappa shape index (κ3) is 3.45. The van der Waals surface area contributed by atoms with Crippen LogP contribution in [0.1, 0.15) is 0 Å². The third-order valence-electron chi connectivity index (χ3n) is 2.09. The Morgan fingerprint density at radius 1 is 1.25 bits per heavy atom. The highest BCUT2D eigenvalue weighted by Gasteiger charge is 2.43. The number of hydrogen-bond acceptors (Lipinski definition) is 8. The van der Waals surface area contributed by atoms with Crippen LogP contribution in [0.3, 0.4) is 0 Å². The van der Waals surface area contributed by atoms with E-state index in [-0.39, 0.29) is 0 Å². The average molecular weight is 261 g/mol. The molecule has 96 valence electrons. The van der Waals surface area contributed by atoms with Crippen molar-refractivity contribution in [2.24, 2.45) is 0 Å². The normalized spacial score (nSPS) is 44.8. The number of aliphatic hydroxyl groups is 4. The maximum Gasteiger partial charge on any atom is 0.469 e. The quantitative estimate of drug-likeness (QED) is 0.288. The summed E-state index contributed by atoms with van der Waals surface area (Å²) >= 11 is 0. The summed E-state index contributed by atoms with van der Waals surface area (Å²) in [5.41, 5.74) is 0. The fraction of sp³-hybridized carbons (Fsp3) is 1.00. The molecule has 0 aromatic carbocycles. The van der Waals surface area contributed by atoms with Gasteiger partial charge in [0.25, 0.3) is 0 Å². The molecule has 10 heteroatoms. The van der Waals surface area contributed by atoms with Gasteiger partial charge < -0.3 is 35.0 Å². The van der Waals surface area contributed by atoms with Gasteiger partial charge in [-0.2, -0.15) is 0 Å². The molecular formula is C6H13O9P. The molecule has 1 heterocycles. The van der Waals surface area contributed by atoms with E-state index in [0.29, 0.717) is 0 Å². The lowest BCUT2D eigenvalue weighted by Crippen LogP contribution is -2.58. The molecule has 0 saturated carbocycles. The van der Waals surface area contributed by atoms with E-state index >= 15 is 0 Å². The van der Waals surface area contributed by atoms with E-state index in [9.17, 15) is 14.8 Å². The molecule has 1 aliphatic heterocycles. The minimum absolute atomic E-state index is 0.714. The predicted octanol–water partition coefficient (Wildman–Crippen LogP) is -3.10. The summed E-state index contributed by atoms with van der Waals surface area (Å²) in [6.07, 6.45) is -8.13. The summed E-state index contributed by atoms with van der Waals surface area (Å²) < 4.78 is 25.9. The van der Waals surface area contributed by atoms with E-state index in [2.05, 4.69) is 14.2 Å². The van der Waals surface area contributed by atoms with Crippen LogP contribution in [0.15, 0.2) is 0 Å². The van der Waals surface area contributed by atoms with Crippen LogP contribution in [0, 0.1) is 0 Å². The second kappa shape index (κ2) is 5.05. The number of aliphatic hydroxyl groups excluding tert-OH is 4. The van der Waals surface area contributed by atoms with Gasteiger partial charge in [-0.15, -0.1) is 0 Å². The van der Waals surface area contributed by atoms with Crippen molar-refractivity contribution in [3.8, 4) is 0 Å². The first-order valence-corrected chi connectivity index (χ1v) is 5.78. The largest absolute Gasteiger partial charge is 0.469 e. The van der Waals surface area contributed by atoms with Gasteiger partial charge in [0.15, 0.2) is 6.29 Å². The zero-order chi connectivity index (χ0) is 13.2. The van der Waals surface area contributed by atoms with Gasteiger partial charge in [-0.3, -0.25) is 4.52 Å². The van der Waals surface area contributed by atoms with Gasteiger partial charge in [-0.25, -0.2) is 4.57 Å². The van der Waals surface area contributed by atoms with Crippen molar-refractivity contribution in [1.82, 2.24) is 0 Å². The standard InChI is InChI=1S/C6H13O9P/c7-3-2(1-14-16(11,12)13)15-6(10)5(9)4(3)8/h2-10H,1H2,(H2,11,12,13)/t2-,3-,4+,5-,6?/m1/s1/i/hD. The van der Waals surface area contributed by atoms with Gasteiger partial charge in [-0.05, 0) is 0 Å². The lowest BCUT2D eigenvalue weighted by Gasteiger charge is -2.38. The van der Waals surface area contributed by atoms with E-state index in [4.69, 9.17) is 16.5 Å². The van der Waals surface area contributed by atoms with Crippen molar-refractivity contribution in [3.05, 3.63) is 0 Å². The molecule has 16 heavy (non-hydrogen) atoms. The zero-order valence-electron chi connectivity index (χ0n) is 8.91. The van der Waals surface area contributed by atoms with Crippen LogP contribution in [-0.2, 0) is 13.8 Å². The second-order valence-corrected chi connectivity index (χ2v) is 4.50. The Balaban J connectivity index is 2.57. The molecular weight excluding hydrogens is 247 g/mol. The molecule has 1 saturated heterocycles. The minimum atomic E-state index is -4.57. The van der Waals surface area contributed by atoms with Crippen LogP contribution in [0.4, 0.5) is 0 Å². The van der Waals surface area contributed by atoms with Gasteiger partial charge in [0.1, 0.15) is 24.4 Å². The first-order chi connectivity index (χ1) is 7.78. The van der Waals surface area contributed by atoms with E-state index in [1.165, 1.54) is 0 Å². The number of hydrogen-bond donors (Lipinski definition) is 6. The van der Waals surface area contributed by atoms with Crippen molar-refractivity contribution in [3.63, 3.8) is 0 Å². The van der Waals surface area contributed by atoms with Crippen LogP contribution >= 0.6 is 7.82 Å². The van der Waals surface area contributed by atoms with Gasteiger partial charge in [0, 0.05) is 0 Å². The lowest BCUT2D eigenvalue weighted by molar-refractivity contribution is -0.285. The van der Waals surface area contributed by atoms with E-state index < -0.39 is 45.1 Å². The van der Waals surface area contributed by atoms with Gasteiger partial charge in [0.2, 0.25) is 1.43 Å². The molecule has 1 fully saturated rings. The molecule has 0 amide bonds. The number of phosphoric ester groups is 1. The van der Waals surface area contributed by atoms with Crippen molar-refractivity contribution in [1.29, 1.82) is 1.43 Å².